The van der Waals surface area contributed by atoms with Gasteiger partial charge >= 0.3 is 0 Å². The lowest BCUT2D eigenvalue weighted by molar-refractivity contribution is 0.297. The average Bonchev–Trinajstić information content (AvgIpc) is 2.41. The van der Waals surface area contributed by atoms with Crippen LogP contribution in [0.15, 0.2) is 29.2 Å². The molecule has 5 heteroatoms. The van der Waals surface area contributed by atoms with Gasteiger partial charge in [0.05, 0.1) is 0 Å². The summed E-state index contributed by atoms with van der Waals surface area (Å²) >= 11 is 0. The highest BCUT2D eigenvalue weighted by Gasteiger charge is 2.26. The smallest absolute Gasteiger partial charge is 0.208 e. The zero-order valence-corrected chi connectivity index (χ0v) is 12.6. The molecule has 112 valence electrons. The van der Waals surface area contributed by atoms with Gasteiger partial charge in [0.25, 0.3) is 0 Å². The van der Waals surface area contributed by atoms with Gasteiger partial charge < -0.3 is 0 Å². The second-order valence-corrected chi connectivity index (χ2v) is 7.24. The highest BCUT2D eigenvalue weighted by Crippen LogP contribution is 2.28. The highest BCUT2D eigenvalue weighted by molar-refractivity contribution is 7.89. The Bertz CT molecular complexity index is 537. The van der Waals surface area contributed by atoms with E-state index in [0.29, 0.717) is 5.92 Å². The third-order valence-corrected chi connectivity index (χ3v) is 5.55. The Balaban J connectivity index is 1.99. The summed E-state index contributed by atoms with van der Waals surface area (Å²) in [4.78, 5) is -0.254. The van der Waals surface area contributed by atoms with E-state index >= 15 is 0 Å². The summed E-state index contributed by atoms with van der Waals surface area (Å²) in [6, 6.07) is 5.44. The number of hydrogen-bond donors (Lipinski definition) is 1. The maximum Gasteiger partial charge on any atom is 0.243 e. The molecule has 3 nitrogen and oxygen atoms in total. The fourth-order valence-corrected chi connectivity index (χ4v) is 4.31. The molecule has 1 saturated carbocycles. The first kappa shape index (κ1) is 15.4. The van der Waals surface area contributed by atoms with E-state index in [-0.39, 0.29) is 10.9 Å². The van der Waals surface area contributed by atoms with Crippen molar-refractivity contribution in [2.75, 3.05) is 0 Å². The number of sulfonamides is 1. The van der Waals surface area contributed by atoms with E-state index in [0.717, 1.165) is 25.7 Å². The minimum Gasteiger partial charge on any atom is -0.208 e. The van der Waals surface area contributed by atoms with Crippen molar-refractivity contribution >= 4 is 10.0 Å². The highest BCUT2D eigenvalue weighted by atomic mass is 32.2. The molecule has 20 heavy (non-hydrogen) atoms. The van der Waals surface area contributed by atoms with Gasteiger partial charge in [-0.2, -0.15) is 0 Å². The van der Waals surface area contributed by atoms with Crippen LogP contribution in [0.1, 0.15) is 45.4 Å². The fraction of sp³-hybridized carbons (Fsp3) is 0.600. The SMILES string of the molecule is CCCC1CCC(NS(=O)(=O)c2ccccc2F)CC1. The van der Waals surface area contributed by atoms with Crippen molar-refractivity contribution in [1.82, 2.24) is 4.72 Å². The molecule has 0 aromatic heterocycles. The zero-order chi connectivity index (χ0) is 14.6. The summed E-state index contributed by atoms with van der Waals surface area (Å²) in [6.45, 7) is 2.17. The van der Waals surface area contributed by atoms with Gasteiger partial charge in [0.15, 0.2) is 0 Å². The molecule has 1 aliphatic carbocycles. The van der Waals surface area contributed by atoms with Crippen molar-refractivity contribution in [1.29, 1.82) is 0 Å². The Morgan fingerprint density at radius 2 is 1.85 bits per heavy atom. The molecular formula is C15H22FNO2S. The molecule has 0 spiro atoms. The second kappa shape index (κ2) is 6.68. The number of nitrogens with one attached hydrogen (secondary N) is 1. The molecule has 0 amide bonds. The Labute approximate surface area is 120 Å². The van der Waals surface area contributed by atoms with Crippen LogP contribution >= 0.6 is 0 Å². The largest absolute Gasteiger partial charge is 0.243 e. The first-order valence-corrected chi connectivity index (χ1v) is 8.78. The summed E-state index contributed by atoms with van der Waals surface area (Å²) in [5.74, 6) is 0.0221. The quantitative estimate of drug-likeness (QED) is 0.905. The first-order valence-electron chi connectivity index (χ1n) is 7.29. The molecule has 1 aromatic rings. The van der Waals surface area contributed by atoms with Gasteiger partial charge in [0.1, 0.15) is 10.7 Å². The molecule has 0 bridgehead atoms. The van der Waals surface area contributed by atoms with Crippen molar-refractivity contribution in [3.05, 3.63) is 30.1 Å². The predicted octanol–water partition coefficient (Wildman–Crippen LogP) is 3.46. The van der Waals surface area contributed by atoms with Crippen molar-refractivity contribution < 1.29 is 12.8 Å². The van der Waals surface area contributed by atoms with Gasteiger partial charge in [-0.25, -0.2) is 17.5 Å². The lowest BCUT2D eigenvalue weighted by atomic mass is 9.84. The van der Waals surface area contributed by atoms with Crippen LogP contribution in [-0.4, -0.2) is 14.5 Å². The molecule has 1 N–H and O–H groups in total. The molecule has 1 fully saturated rings. The van der Waals surface area contributed by atoms with E-state index in [9.17, 15) is 12.8 Å². The summed E-state index contributed by atoms with van der Waals surface area (Å²) in [6.07, 6.45) is 6.19. The van der Waals surface area contributed by atoms with Crippen LogP contribution in [0.3, 0.4) is 0 Å². The molecule has 1 aliphatic rings. The van der Waals surface area contributed by atoms with Crippen LogP contribution < -0.4 is 4.72 Å². The van der Waals surface area contributed by atoms with Crippen LogP contribution in [0.2, 0.25) is 0 Å². The van der Waals surface area contributed by atoms with Gasteiger partial charge in [0.2, 0.25) is 10.0 Å². The fourth-order valence-electron chi connectivity index (χ4n) is 2.92. The van der Waals surface area contributed by atoms with Crippen molar-refractivity contribution in [3.63, 3.8) is 0 Å². The third-order valence-electron chi connectivity index (χ3n) is 3.99. The predicted molar refractivity (Wildman–Crippen MR) is 77.4 cm³/mol. The van der Waals surface area contributed by atoms with Crippen LogP contribution in [-0.2, 0) is 10.0 Å². The van der Waals surface area contributed by atoms with Crippen LogP contribution in [0.25, 0.3) is 0 Å². The first-order chi connectivity index (χ1) is 9.53. The van der Waals surface area contributed by atoms with Gasteiger partial charge in [0, 0.05) is 6.04 Å². The number of benzene rings is 1. The van der Waals surface area contributed by atoms with E-state index in [1.807, 2.05) is 0 Å². The lowest BCUT2D eigenvalue weighted by Crippen LogP contribution is -2.37. The lowest BCUT2D eigenvalue weighted by Gasteiger charge is -2.28. The molecule has 0 saturated heterocycles. The second-order valence-electron chi connectivity index (χ2n) is 5.56. The monoisotopic (exact) mass is 299 g/mol. The number of hydrogen-bond acceptors (Lipinski definition) is 2. The van der Waals surface area contributed by atoms with Gasteiger partial charge in [-0.3, -0.25) is 0 Å². The minimum atomic E-state index is -3.75. The summed E-state index contributed by atoms with van der Waals surface area (Å²) in [5.41, 5.74) is 0. The summed E-state index contributed by atoms with van der Waals surface area (Å²) in [5, 5.41) is 0. The van der Waals surface area contributed by atoms with Crippen LogP contribution in [0.4, 0.5) is 4.39 Å². The van der Waals surface area contributed by atoms with E-state index < -0.39 is 15.8 Å². The maximum atomic E-state index is 13.6. The maximum absolute atomic E-state index is 13.6. The minimum absolute atomic E-state index is 0.0623. The van der Waals surface area contributed by atoms with Crippen molar-refractivity contribution in [2.45, 2.75) is 56.4 Å². The Morgan fingerprint density at radius 3 is 2.45 bits per heavy atom. The number of halogens is 1. The molecular weight excluding hydrogens is 277 g/mol. The van der Waals surface area contributed by atoms with E-state index in [1.165, 1.54) is 37.1 Å². The van der Waals surface area contributed by atoms with E-state index in [2.05, 4.69) is 11.6 Å². The van der Waals surface area contributed by atoms with Gasteiger partial charge in [-0.05, 0) is 43.7 Å². The van der Waals surface area contributed by atoms with Gasteiger partial charge in [-0.15, -0.1) is 0 Å². The average molecular weight is 299 g/mol. The molecule has 0 atom stereocenters. The molecule has 0 unspecified atom stereocenters. The van der Waals surface area contributed by atoms with E-state index in [4.69, 9.17) is 0 Å². The van der Waals surface area contributed by atoms with Crippen LogP contribution in [0.5, 0.6) is 0 Å². The molecule has 1 aromatic carbocycles. The summed E-state index contributed by atoms with van der Waals surface area (Å²) in [7, 11) is -3.75. The normalized spacial score (nSPS) is 23.7. The topological polar surface area (TPSA) is 46.2 Å². The Morgan fingerprint density at radius 1 is 1.20 bits per heavy atom. The number of rotatable bonds is 5. The van der Waals surface area contributed by atoms with Crippen molar-refractivity contribution in [3.8, 4) is 0 Å². The van der Waals surface area contributed by atoms with Gasteiger partial charge in [-0.1, -0.05) is 31.9 Å². The Kier molecular flexibility index (Phi) is 5.16. The molecule has 0 heterocycles. The Hall–Kier alpha value is -0.940. The molecule has 0 aliphatic heterocycles. The summed E-state index contributed by atoms with van der Waals surface area (Å²) < 4.78 is 40.6. The molecule has 0 radical (unpaired) electrons. The van der Waals surface area contributed by atoms with Crippen molar-refractivity contribution in [2.24, 2.45) is 5.92 Å². The molecule has 2 rings (SSSR count). The standard InChI is InChI=1S/C15H22FNO2S/c1-2-5-12-8-10-13(11-9-12)17-20(18,19)15-7-4-3-6-14(15)16/h3-4,6-7,12-13,17H,2,5,8-11H2,1H3. The van der Waals surface area contributed by atoms with Crippen LogP contribution in [0, 0.1) is 11.7 Å². The zero-order valence-electron chi connectivity index (χ0n) is 11.8. The van der Waals surface area contributed by atoms with E-state index in [1.54, 1.807) is 0 Å². The third kappa shape index (κ3) is 3.79.